The predicted octanol–water partition coefficient (Wildman–Crippen LogP) is 5.02. The lowest BCUT2D eigenvalue weighted by Crippen LogP contribution is -2.57. The topological polar surface area (TPSA) is 0 Å². The second kappa shape index (κ2) is 6.92. The Morgan fingerprint density at radius 1 is 1.16 bits per heavy atom. The van der Waals surface area contributed by atoms with Gasteiger partial charge in [0.1, 0.15) is 0 Å². The van der Waals surface area contributed by atoms with E-state index in [9.17, 15) is 0 Å². The van der Waals surface area contributed by atoms with Gasteiger partial charge in [-0.05, 0) is 38.5 Å². The van der Waals surface area contributed by atoms with Crippen molar-refractivity contribution >= 4 is 0 Å². The highest BCUT2D eigenvalue weighted by molar-refractivity contribution is 4.84. The maximum atomic E-state index is 4.02. The molecule has 0 N–H and O–H groups in total. The van der Waals surface area contributed by atoms with Crippen LogP contribution in [0.25, 0.3) is 0 Å². The van der Waals surface area contributed by atoms with E-state index in [0.29, 0.717) is 5.92 Å². The fourth-order valence-electron chi connectivity index (χ4n) is 4.21. The summed E-state index contributed by atoms with van der Waals surface area (Å²) in [6.07, 6.45) is 9.06. The number of likely N-dealkylation sites (tertiary alicyclic amines) is 1. The van der Waals surface area contributed by atoms with Gasteiger partial charge < -0.3 is 4.48 Å². The van der Waals surface area contributed by atoms with Crippen LogP contribution in [0.15, 0.2) is 12.7 Å². The molecule has 3 unspecified atom stereocenters. The van der Waals surface area contributed by atoms with Crippen molar-refractivity contribution in [2.75, 3.05) is 7.05 Å². The van der Waals surface area contributed by atoms with Crippen molar-refractivity contribution in [1.29, 1.82) is 0 Å². The van der Waals surface area contributed by atoms with Crippen molar-refractivity contribution in [1.82, 2.24) is 0 Å². The molecule has 0 spiro atoms. The normalized spacial score (nSPS) is 33.1. The van der Waals surface area contributed by atoms with E-state index < -0.39 is 0 Å². The highest BCUT2D eigenvalue weighted by atomic mass is 15.4. The molecule has 1 rings (SSSR count). The third-order valence-electron chi connectivity index (χ3n) is 5.98. The third-order valence-corrected chi connectivity index (χ3v) is 5.98. The van der Waals surface area contributed by atoms with E-state index in [0.717, 1.165) is 24.0 Å². The van der Waals surface area contributed by atoms with E-state index in [4.69, 9.17) is 0 Å². The van der Waals surface area contributed by atoms with Crippen LogP contribution in [-0.2, 0) is 0 Å². The van der Waals surface area contributed by atoms with Crippen molar-refractivity contribution in [3.63, 3.8) is 0 Å². The van der Waals surface area contributed by atoms with Crippen LogP contribution in [0.3, 0.4) is 0 Å². The van der Waals surface area contributed by atoms with Gasteiger partial charge in [-0.3, -0.25) is 0 Å². The lowest BCUT2D eigenvalue weighted by atomic mass is 9.89. The lowest BCUT2D eigenvalue weighted by Gasteiger charge is -2.45. The molecule has 0 saturated carbocycles. The summed E-state index contributed by atoms with van der Waals surface area (Å²) < 4.78 is 1.30. The molecule has 0 aromatic carbocycles. The van der Waals surface area contributed by atoms with Crippen molar-refractivity contribution in [3.8, 4) is 0 Å². The van der Waals surface area contributed by atoms with Gasteiger partial charge in [-0.2, -0.15) is 0 Å². The van der Waals surface area contributed by atoms with Crippen LogP contribution in [0.5, 0.6) is 0 Å². The van der Waals surface area contributed by atoms with Crippen LogP contribution < -0.4 is 0 Å². The van der Waals surface area contributed by atoms with E-state index in [-0.39, 0.29) is 0 Å². The smallest absolute Gasteiger partial charge is 0.0894 e. The van der Waals surface area contributed by atoms with Gasteiger partial charge in [-0.25, -0.2) is 0 Å². The molecule has 19 heavy (non-hydrogen) atoms. The summed E-state index contributed by atoms with van der Waals surface area (Å²) in [7, 11) is 2.51. The fourth-order valence-corrected chi connectivity index (χ4v) is 4.21. The minimum atomic E-state index is 0.696. The van der Waals surface area contributed by atoms with E-state index in [1.807, 2.05) is 0 Å². The molecule has 1 saturated heterocycles. The van der Waals surface area contributed by atoms with E-state index in [1.54, 1.807) is 0 Å². The van der Waals surface area contributed by atoms with Gasteiger partial charge in [0.2, 0.25) is 0 Å². The van der Waals surface area contributed by atoms with Gasteiger partial charge in [0.05, 0.1) is 25.2 Å². The summed E-state index contributed by atoms with van der Waals surface area (Å²) >= 11 is 0. The molecule has 0 bridgehead atoms. The van der Waals surface area contributed by atoms with Crippen LogP contribution in [0, 0.1) is 11.8 Å². The molecule has 1 nitrogen and oxygen atoms in total. The van der Waals surface area contributed by atoms with Crippen molar-refractivity contribution in [2.24, 2.45) is 11.8 Å². The average molecular weight is 266 g/mol. The van der Waals surface area contributed by atoms with Gasteiger partial charge in [-0.1, -0.05) is 26.8 Å². The first kappa shape index (κ1) is 16.8. The SMILES string of the molecule is C=C[C@@H](CCC1CCC(CC)[N+]1(C)C(C)C)C(C)C. The standard InChI is InChI=1S/C18H36N/c1-8-16(14(3)4)10-11-18-13-12-17(9-2)19(18,7)15(5)6/h8,14-18H,1,9-13H2,2-7H3/q+1/t16-,17?,18?,19?/m0/s1. The monoisotopic (exact) mass is 266 g/mol. The highest BCUT2D eigenvalue weighted by Crippen LogP contribution is 2.38. The van der Waals surface area contributed by atoms with Crippen molar-refractivity contribution in [3.05, 3.63) is 12.7 Å². The maximum Gasteiger partial charge on any atom is 0.0894 e. The Bertz CT molecular complexity index is 281. The zero-order chi connectivity index (χ0) is 14.6. The second-order valence-corrected chi connectivity index (χ2v) is 7.33. The minimum absolute atomic E-state index is 0.696. The van der Waals surface area contributed by atoms with E-state index in [1.165, 1.54) is 36.6 Å². The number of allylic oxidation sites excluding steroid dienone is 1. The first-order chi connectivity index (χ1) is 8.87. The molecule has 0 amide bonds. The molecule has 1 heteroatoms. The number of hydrogen-bond donors (Lipinski definition) is 0. The summed E-state index contributed by atoms with van der Waals surface area (Å²) in [5.74, 6) is 1.43. The molecule has 1 heterocycles. The molecule has 0 radical (unpaired) electrons. The zero-order valence-corrected chi connectivity index (χ0v) is 14.2. The van der Waals surface area contributed by atoms with Gasteiger partial charge in [-0.15, -0.1) is 6.58 Å². The minimum Gasteiger partial charge on any atom is -0.319 e. The summed E-state index contributed by atoms with van der Waals surface area (Å²) in [4.78, 5) is 0. The average Bonchev–Trinajstić information content (AvgIpc) is 2.68. The fraction of sp³-hybridized carbons (Fsp3) is 0.889. The molecular formula is C18H36N+. The molecule has 1 aliphatic heterocycles. The third kappa shape index (κ3) is 3.42. The second-order valence-electron chi connectivity index (χ2n) is 7.33. The largest absolute Gasteiger partial charge is 0.319 e. The summed E-state index contributed by atoms with van der Waals surface area (Å²) in [6, 6.07) is 2.50. The predicted molar refractivity (Wildman–Crippen MR) is 86.2 cm³/mol. The van der Waals surface area contributed by atoms with Crippen LogP contribution in [-0.4, -0.2) is 29.7 Å². The Kier molecular flexibility index (Phi) is 6.11. The number of nitrogens with zero attached hydrogens (tertiary/aromatic N) is 1. The first-order valence-electron chi connectivity index (χ1n) is 8.35. The molecule has 1 fully saturated rings. The Hall–Kier alpha value is -0.300. The summed E-state index contributed by atoms with van der Waals surface area (Å²) in [6.45, 7) is 15.9. The quantitative estimate of drug-likeness (QED) is 0.448. The van der Waals surface area contributed by atoms with E-state index >= 15 is 0 Å². The molecule has 4 atom stereocenters. The van der Waals surface area contributed by atoms with Gasteiger partial charge in [0.15, 0.2) is 0 Å². The Morgan fingerprint density at radius 2 is 1.74 bits per heavy atom. The van der Waals surface area contributed by atoms with Gasteiger partial charge in [0, 0.05) is 19.3 Å². The highest BCUT2D eigenvalue weighted by Gasteiger charge is 2.46. The molecular weight excluding hydrogens is 230 g/mol. The summed E-state index contributed by atoms with van der Waals surface area (Å²) in [5.41, 5.74) is 0. The lowest BCUT2D eigenvalue weighted by molar-refractivity contribution is -0.962. The molecule has 1 aliphatic rings. The molecule has 0 aromatic heterocycles. The van der Waals surface area contributed by atoms with Crippen LogP contribution in [0.4, 0.5) is 0 Å². The van der Waals surface area contributed by atoms with E-state index in [2.05, 4.69) is 54.3 Å². The number of quaternary nitrogens is 1. The van der Waals surface area contributed by atoms with Crippen molar-refractivity contribution in [2.45, 2.75) is 84.8 Å². The van der Waals surface area contributed by atoms with Gasteiger partial charge >= 0.3 is 0 Å². The molecule has 112 valence electrons. The van der Waals surface area contributed by atoms with Crippen LogP contribution in [0.2, 0.25) is 0 Å². The Morgan fingerprint density at radius 3 is 2.16 bits per heavy atom. The zero-order valence-electron chi connectivity index (χ0n) is 14.2. The van der Waals surface area contributed by atoms with Crippen LogP contribution >= 0.6 is 0 Å². The number of hydrogen-bond acceptors (Lipinski definition) is 0. The van der Waals surface area contributed by atoms with Gasteiger partial charge in [0.25, 0.3) is 0 Å². The first-order valence-corrected chi connectivity index (χ1v) is 8.35. The van der Waals surface area contributed by atoms with Crippen LogP contribution in [0.1, 0.15) is 66.7 Å². The number of rotatable bonds is 7. The Balaban J connectivity index is 2.69. The molecule has 0 aliphatic carbocycles. The summed E-state index contributed by atoms with van der Waals surface area (Å²) in [5, 5.41) is 0. The maximum absolute atomic E-state index is 4.02. The Labute approximate surface area is 121 Å². The molecule has 0 aromatic rings. The van der Waals surface area contributed by atoms with Crippen molar-refractivity contribution < 1.29 is 4.48 Å².